The fourth-order valence-corrected chi connectivity index (χ4v) is 4.86. The second kappa shape index (κ2) is 6.81. The van der Waals surface area contributed by atoms with Crippen LogP contribution in [-0.2, 0) is 14.6 Å². The van der Waals surface area contributed by atoms with Gasteiger partial charge in [0.15, 0.2) is 5.49 Å². The average Bonchev–Trinajstić information content (AvgIpc) is 2.61. The molecule has 1 aromatic carbocycles. The van der Waals surface area contributed by atoms with Crippen LogP contribution in [-0.4, -0.2) is 30.0 Å². The van der Waals surface area contributed by atoms with Gasteiger partial charge in [0, 0.05) is 13.1 Å². The Kier molecular flexibility index (Phi) is 4.73. The highest BCUT2D eigenvalue weighted by atomic mass is 32.2. The van der Waals surface area contributed by atoms with Gasteiger partial charge in [-0.1, -0.05) is 24.3 Å². The standard InChI is InChI=1S/C17H15N3O3S2/c1-12(21)18-16-15(25(22,23)13-8-4-3-5-9-13)17(24-2)19-14-10-6-7-11-20(14)16/h3-11H,1-2H3/b18-16+. The molecule has 0 spiro atoms. The van der Waals surface area contributed by atoms with Gasteiger partial charge >= 0.3 is 0 Å². The molecular weight excluding hydrogens is 358 g/mol. The van der Waals surface area contributed by atoms with Crippen molar-refractivity contribution in [2.75, 3.05) is 6.26 Å². The summed E-state index contributed by atoms with van der Waals surface area (Å²) in [5.74, 6) is -0.486. The third kappa shape index (κ3) is 3.22. The molecule has 0 N–H and O–H groups in total. The molecule has 0 atom stereocenters. The first-order chi connectivity index (χ1) is 11.9. The summed E-state index contributed by atoms with van der Waals surface area (Å²) in [5, 5.41) is 0.301. The van der Waals surface area contributed by atoms with Crippen molar-refractivity contribution in [3.8, 4) is 0 Å². The van der Waals surface area contributed by atoms with Gasteiger partial charge in [-0.2, -0.15) is 4.99 Å². The highest BCUT2D eigenvalue weighted by molar-refractivity contribution is 7.99. The summed E-state index contributed by atoms with van der Waals surface area (Å²) in [6.07, 6.45) is 3.38. The van der Waals surface area contributed by atoms with Gasteiger partial charge in [-0.3, -0.25) is 9.20 Å². The molecule has 0 saturated heterocycles. The maximum Gasteiger partial charge on any atom is 0.244 e. The van der Waals surface area contributed by atoms with Crippen LogP contribution in [0.15, 0.2) is 74.5 Å². The van der Waals surface area contributed by atoms with Crippen LogP contribution in [0.4, 0.5) is 0 Å². The Morgan fingerprint density at radius 2 is 1.80 bits per heavy atom. The predicted molar refractivity (Wildman–Crippen MR) is 95.1 cm³/mol. The normalized spacial score (nSPS) is 12.5. The number of carbonyl (C=O) groups excluding carboxylic acids is 1. The first kappa shape index (κ1) is 17.4. The van der Waals surface area contributed by atoms with Gasteiger partial charge in [-0.25, -0.2) is 13.4 Å². The average molecular weight is 373 g/mol. The van der Waals surface area contributed by atoms with Crippen LogP contribution < -0.4 is 5.49 Å². The molecule has 128 valence electrons. The molecule has 8 heteroatoms. The van der Waals surface area contributed by atoms with E-state index in [1.165, 1.54) is 35.2 Å². The molecule has 1 amide bonds. The number of sulfone groups is 1. The quantitative estimate of drug-likeness (QED) is 0.520. The lowest BCUT2D eigenvalue weighted by atomic mass is 10.4. The molecule has 0 unspecified atom stereocenters. The summed E-state index contributed by atoms with van der Waals surface area (Å²) in [7, 11) is -3.90. The van der Waals surface area contributed by atoms with E-state index in [9.17, 15) is 13.2 Å². The van der Waals surface area contributed by atoms with Crippen molar-refractivity contribution < 1.29 is 13.2 Å². The zero-order chi connectivity index (χ0) is 18.0. The number of nitrogens with zero attached hydrogens (tertiary/aromatic N) is 3. The van der Waals surface area contributed by atoms with Crippen molar-refractivity contribution in [3.63, 3.8) is 0 Å². The van der Waals surface area contributed by atoms with Gasteiger partial charge < -0.3 is 0 Å². The Bertz CT molecular complexity index is 1120. The summed E-state index contributed by atoms with van der Waals surface area (Å²) in [6.45, 7) is 1.29. The Balaban J connectivity index is 2.52. The van der Waals surface area contributed by atoms with Crippen molar-refractivity contribution >= 4 is 33.2 Å². The summed E-state index contributed by atoms with van der Waals surface area (Å²) in [4.78, 5) is 20.1. The fourth-order valence-electron chi connectivity index (χ4n) is 2.41. The molecule has 6 nitrogen and oxygen atoms in total. The molecule has 0 saturated carbocycles. The number of carbonyl (C=O) groups is 1. The molecule has 2 heterocycles. The highest BCUT2D eigenvalue weighted by Gasteiger charge is 2.26. The number of benzene rings is 1. The molecule has 0 bridgehead atoms. The predicted octanol–water partition coefficient (Wildman–Crippen LogP) is 2.34. The summed E-state index contributed by atoms with van der Waals surface area (Å²) >= 11 is 1.20. The van der Waals surface area contributed by atoms with Crippen molar-refractivity contribution in [2.45, 2.75) is 21.7 Å². The number of hydrogen-bond donors (Lipinski definition) is 0. The maximum absolute atomic E-state index is 13.2. The molecule has 0 aliphatic heterocycles. The second-order valence-corrected chi connectivity index (χ2v) is 7.83. The van der Waals surface area contributed by atoms with E-state index in [0.717, 1.165) is 0 Å². The van der Waals surface area contributed by atoms with Crippen LogP contribution in [0.2, 0.25) is 0 Å². The molecule has 2 aromatic heterocycles. The van der Waals surface area contributed by atoms with Gasteiger partial charge in [-0.15, -0.1) is 11.8 Å². The lowest BCUT2D eigenvalue weighted by Gasteiger charge is -2.12. The minimum atomic E-state index is -3.90. The smallest absolute Gasteiger partial charge is 0.244 e. The second-order valence-electron chi connectivity index (χ2n) is 5.15. The van der Waals surface area contributed by atoms with Crippen LogP contribution >= 0.6 is 11.8 Å². The molecule has 25 heavy (non-hydrogen) atoms. The molecule has 0 aliphatic carbocycles. The molecule has 0 aliphatic rings. The fraction of sp³-hybridized carbons (Fsp3) is 0.118. The molecule has 3 aromatic rings. The summed E-state index contributed by atoms with van der Waals surface area (Å²) < 4.78 is 28.0. The zero-order valence-electron chi connectivity index (χ0n) is 13.6. The number of hydrogen-bond acceptors (Lipinski definition) is 5. The van der Waals surface area contributed by atoms with Gasteiger partial charge in [0.1, 0.15) is 15.6 Å². The zero-order valence-corrected chi connectivity index (χ0v) is 15.2. The van der Waals surface area contributed by atoms with Crippen molar-refractivity contribution in [1.29, 1.82) is 0 Å². The van der Waals surface area contributed by atoms with Crippen LogP contribution in [0.5, 0.6) is 0 Å². The molecule has 0 radical (unpaired) electrons. The monoisotopic (exact) mass is 373 g/mol. The first-order valence-corrected chi connectivity index (χ1v) is 10.1. The molecular formula is C17H15N3O3S2. The Morgan fingerprint density at radius 3 is 2.44 bits per heavy atom. The van der Waals surface area contributed by atoms with E-state index in [2.05, 4.69) is 9.98 Å². The third-order valence-corrected chi connectivity index (χ3v) is 6.08. The minimum absolute atomic E-state index is 0.0614. The highest BCUT2D eigenvalue weighted by Crippen LogP contribution is 2.26. The van der Waals surface area contributed by atoms with E-state index in [4.69, 9.17) is 0 Å². The lowest BCUT2D eigenvalue weighted by Crippen LogP contribution is -2.26. The topological polar surface area (TPSA) is 80.9 Å². The Morgan fingerprint density at radius 1 is 1.12 bits per heavy atom. The van der Waals surface area contributed by atoms with Crippen LogP contribution in [0, 0.1) is 0 Å². The third-order valence-electron chi connectivity index (χ3n) is 3.46. The van der Waals surface area contributed by atoms with Gasteiger partial charge in [0.2, 0.25) is 15.7 Å². The lowest BCUT2D eigenvalue weighted by molar-refractivity contribution is -0.116. The summed E-state index contributed by atoms with van der Waals surface area (Å²) in [6, 6.07) is 13.3. The molecule has 0 fully saturated rings. The van der Waals surface area contributed by atoms with Crippen LogP contribution in [0.3, 0.4) is 0 Å². The Hall–Kier alpha value is -2.45. The molecule has 3 rings (SSSR count). The first-order valence-electron chi connectivity index (χ1n) is 7.36. The number of thioether (sulfide) groups is 1. The number of amides is 1. The number of aromatic nitrogens is 2. The van der Waals surface area contributed by atoms with E-state index in [1.54, 1.807) is 48.9 Å². The number of fused-ring (bicyclic) bond motifs is 1. The van der Waals surface area contributed by atoms with Gasteiger partial charge in [-0.05, 0) is 30.5 Å². The number of rotatable bonds is 3. The maximum atomic E-state index is 13.2. The van der Waals surface area contributed by atoms with Crippen molar-refractivity contribution in [1.82, 2.24) is 9.38 Å². The van der Waals surface area contributed by atoms with Gasteiger partial charge in [0.05, 0.1) is 4.90 Å². The van der Waals surface area contributed by atoms with E-state index < -0.39 is 15.7 Å². The van der Waals surface area contributed by atoms with Crippen molar-refractivity contribution in [2.24, 2.45) is 4.99 Å². The van der Waals surface area contributed by atoms with Crippen LogP contribution in [0.25, 0.3) is 5.65 Å². The minimum Gasteiger partial charge on any atom is -0.285 e. The van der Waals surface area contributed by atoms with E-state index >= 15 is 0 Å². The number of pyridine rings is 1. The Labute approximate surface area is 149 Å². The van der Waals surface area contributed by atoms with E-state index in [-0.39, 0.29) is 15.3 Å². The van der Waals surface area contributed by atoms with E-state index in [1.807, 2.05) is 0 Å². The SMILES string of the molecule is CSc1nc2ccccn2/c(=N/C(C)=O)c1S(=O)(=O)c1ccccc1. The largest absolute Gasteiger partial charge is 0.285 e. The van der Waals surface area contributed by atoms with Crippen LogP contribution in [0.1, 0.15) is 6.92 Å². The summed E-state index contributed by atoms with van der Waals surface area (Å²) in [5.41, 5.74) is 0.574. The van der Waals surface area contributed by atoms with Crippen molar-refractivity contribution in [3.05, 3.63) is 60.2 Å². The van der Waals surface area contributed by atoms with Gasteiger partial charge in [0.25, 0.3) is 0 Å². The van der Waals surface area contributed by atoms with E-state index in [0.29, 0.717) is 10.7 Å².